The number of nitrogens with one attached hydrogen (secondary N) is 1. The highest BCUT2D eigenvalue weighted by molar-refractivity contribution is 9.11. The molecule has 1 aromatic rings. The third kappa shape index (κ3) is 3.94. The van der Waals surface area contributed by atoms with E-state index in [4.69, 9.17) is 9.47 Å². The van der Waals surface area contributed by atoms with Gasteiger partial charge in [-0.05, 0) is 47.3 Å². The summed E-state index contributed by atoms with van der Waals surface area (Å²) in [5.74, 6) is 1.51. The van der Waals surface area contributed by atoms with E-state index in [1.54, 1.807) is 7.11 Å². The summed E-state index contributed by atoms with van der Waals surface area (Å²) in [6.07, 6.45) is 1.51. The predicted octanol–water partition coefficient (Wildman–Crippen LogP) is 3.73. The van der Waals surface area contributed by atoms with E-state index >= 15 is 0 Å². The molecule has 0 spiro atoms. The lowest BCUT2D eigenvalue weighted by Gasteiger charge is -2.16. The van der Waals surface area contributed by atoms with Crippen LogP contribution in [0.25, 0.3) is 0 Å². The summed E-state index contributed by atoms with van der Waals surface area (Å²) < 4.78 is 13.0. The van der Waals surface area contributed by atoms with Crippen LogP contribution in [0.2, 0.25) is 0 Å². The van der Waals surface area contributed by atoms with Crippen LogP contribution in [-0.4, -0.2) is 26.4 Å². The van der Waals surface area contributed by atoms with Gasteiger partial charge in [0.2, 0.25) is 0 Å². The predicted molar refractivity (Wildman–Crippen MR) is 83.6 cm³/mol. The van der Waals surface area contributed by atoms with Gasteiger partial charge in [-0.25, -0.2) is 0 Å². The van der Waals surface area contributed by atoms with Crippen molar-refractivity contribution in [2.75, 3.05) is 20.3 Å². The molecule has 1 N–H and O–H groups in total. The minimum Gasteiger partial charge on any atom is -0.495 e. The topological polar surface area (TPSA) is 30.5 Å². The van der Waals surface area contributed by atoms with E-state index in [9.17, 15) is 0 Å². The third-order valence-electron chi connectivity index (χ3n) is 3.54. The smallest absolute Gasteiger partial charge is 0.137 e. The van der Waals surface area contributed by atoms with E-state index in [2.05, 4.69) is 50.2 Å². The van der Waals surface area contributed by atoms with Crippen LogP contribution < -0.4 is 10.1 Å². The van der Waals surface area contributed by atoms with E-state index in [0.717, 1.165) is 46.4 Å². The van der Waals surface area contributed by atoms with Crippen molar-refractivity contribution in [3.63, 3.8) is 0 Å². The summed E-state index contributed by atoms with van der Waals surface area (Å²) in [5, 5.41) is 3.50. The molecule has 1 saturated heterocycles. The molecule has 2 atom stereocenters. The van der Waals surface area contributed by atoms with Crippen LogP contribution in [0.3, 0.4) is 0 Å². The first-order chi connectivity index (χ1) is 9.11. The van der Waals surface area contributed by atoms with E-state index < -0.39 is 0 Å². The van der Waals surface area contributed by atoms with Gasteiger partial charge < -0.3 is 14.8 Å². The highest BCUT2D eigenvalue weighted by Crippen LogP contribution is 2.32. The lowest BCUT2D eigenvalue weighted by atomic mass is 10.0. The molecule has 1 aromatic carbocycles. The number of methoxy groups -OCH3 is 1. The van der Waals surface area contributed by atoms with Crippen LogP contribution in [0, 0.1) is 5.92 Å². The largest absolute Gasteiger partial charge is 0.495 e. The molecule has 0 bridgehead atoms. The molecular formula is C14H19Br2NO2. The number of ether oxygens (including phenoxy) is 2. The zero-order valence-corrected chi connectivity index (χ0v) is 14.4. The van der Waals surface area contributed by atoms with E-state index in [1.807, 2.05) is 6.07 Å². The molecule has 0 radical (unpaired) electrons. The fourth-order valence-electron chi connectivity index (χ4n) is 2.41. The molecule has 0 aromatic heterocycles. The maximum Gasteiger partial charge on any atom is 0.137 e. The van der Waals surface area contributed by atoms with Crippen LogP contribution in [0.4, 0.5) is 0 Å². The molecule has 2 rings (SSSR count). The third-order valence-corrected chi connectivity index (χ3v) is 4.59. The summed E-state index contributed by atoms with van der Waals surface area (Å²) in [6, 6.07) is 4.08. The molecule has 19 heavy (non-hydrogen) atoms. The first-order valence-electron chi connectivity index (χ1n) is 6.46. The molecule has 0 saturated carbocycles. The van der Waals surface area contributed by atoms with E-state index in [-0.39, 0.29) is 0 Å². The molecule has 2 unspecified atom stereocenters. The second-order valence-corrected chi connectivity index (χ2v) is 6.61. The van der Waals surface area contributed by atoms with Gasteiger partial charge in [0.25, 0.3) is 0 Å². The molecule has 0 aliphatic carbocycles. The lowest BCUT2D eigenvalue weighted by Crippen LogP contribution is -2.26. The number of hydrogen-bond acceptors (Lipinski definition) is 3. The summed E-state index contributed by atoms with van der Waals surface area (Å²) >= 11 is 7.03. The fraction of sp³-hybridized carbons (Fsp3) is 0.571. The fourth-order valence-corrected chi connectivity index (χ4v) is 3.89. The molecule has 1 heterocycles. The van der Waals surface area contributed by atoms with Gasteiger partial charge in [0.05, 0.1) is 17.7 Å². The van der Waals surface area contributed by atoms with Crippen LogP contribution in [0.1, 0.15) is 18.9 Å². The molecule has 0 amide bonds. The van der Waals surface area contributed by atoms with Gasteiger partial charge >= 0.3 is 0 Å². The van der Waals surface area contributed by atoms with Gasteiger partial charge in [0, 0.05) is 29.7 Å². The second-order valence-electron chi connectivity index (χ2n) is 4.84. The SMILES string of the molecule is COc1c(Br)cc(Br)cc1CNCC1CCOC1C. The van der Waals surface area contributed by atoms with Gasteiger partial charge in [0.1, 0.15) is 5.75 Å². The highest BCUT2D eigenvalue weighted by atomic mass is 79.9. The lowest BCUT2D eigenvalue weighted by molar-refractivity contribution is 0.105. The first-order valence-corrected chi connectivity index (χ1v) is 8.04. The molecule has 106 valence electrons. The van der Waals surface area contributed by atoms with Crippen LogP contribution in [0.15, 0.2) is 21.1 Å². The zero-order valence-electron chi connectivity index (χ0n) is 11.2. The normalized spacial score (nSPS) is 22.7. The van der Waals surface area contributed by atoms with Gasteiger partial charge in [-0.2, -0.15) is 0 Å². The zero-order chi connectivity index (χ0) is 13.8. The molecule has 1 aliphatic rings. The van der Waals surface area contributed by atoms with Crippen molar-refractivity contribution in [1.82, 2.24) is 5.32 Å². The Hall–Kier alpha value is -0.100. The van der Waals surface area contributed by atoms with Gasteiger partial charge in [-0.1, -0.05) is 15.9 Å². The number of rotatable bonds is 5. The maximum absolute atomic E-state index is 5.57. The minimum absolute atomic E-state index is 0.364. The minimum atomic E-state index is 0.364. The van der Waals surface area contributed by atoms with Crippen LogP contribution in [-0.2, 0) is 11.3 Å². The molecule has 3 nitrogen and oxygen atoms in total. The Morgan fingerprint density at radius 2 is 2.21 bits per heavy atom. The van der Waals surface area contributed by atoms with Crippen molar-refractivity contribution >= 4 is 31.9 Å². The van der Waals surface area contributed by atoms with Crippen LogP contribution in [0.5, 0.6) is 5.75 Å². The number of hydrogen-bond donors (Lipinski definition) is 1. The summed E-state index contributed by atoms with van der Waals surface area (Å²) in [4.78, 5) is 0. The second kappa shape index (κ2) is 7.07. The van der Waals surface area contributed by atoms with Gasteiger partial charge in [0.15, 0.2) is 0 Å². The first kappa shape index (κ1) is 15.3. The quantitative estimate of drug-likeness (QED) is 0.827. The van der Waals surface area contributed by atoms with Crippen molar-refractivity contribution in [1.29, 1.82) is 0 Å². The Kier molecular flexibility index (Phi) is 5.69. The Bertz CT molecular complexity index is 440. The number of halogens is 2. The average molecular weight is 393 g/mol. The Morgan fingerprint density at radius 1 is 1.42 bits per heavy atom. The standard InChI is InChI=1S/C14H19Br2NO2/c1-9-10(3-4-19-9)7-17-8-11-5-12(15)6-13(16)14(11)18-2/h5-6,9-10,17H,3-4,7-8H2,1-2H3. The van der Waals surface area contributed by atoms with Gasteiger partial charge in [-0.3, -0.25) is 0 Å². The maximum atomic E-state index is 5.57. The van der Waals surface area contributed by atoms with E-state index in [0.29, 0.717) is 12.0 Å². The van der Waals surface area contributed by atoms with Crippen molar-refractivity contribution < 1.29 is 9.47 Å². The van der Waals surface area contributed by atoms with Crippen molar-refractivity contribution in [3.8, 4) is 5.75 Å². The van der Waals surface area contributed by atoms with Crippen molar-refractivity contribution in [2.24, 2.45) is 5.92 Å². The summed E-state index contributed by atoms with van der Waals surface area (Å²) in [5.41, 5.74) is 1.15. The Morgan fingerprint density at radius 3 is 2.84 bits per heavy atom. The highest BCUT2D eigenvalue weighted by Gasteiger charge is 2.23. The Labute approximate surface area is 131 Å². The monoisotopic (exact) mass is 391 g/mol. The molecule has 1 aliphatic heterocycles. The number of benzene rings is 1. The molecule has 1 fully saturated rings. The summed E-state index contributed by atoms with van der Waals surface area (Å²) in [6.45, 7) is 4.81. The molecule has 5 heteroatoms. The molecular weight excluding hydrogens is 374 g/mol. The average Bonchev–Trinajstić information content (AvgIpc) is 2.75. The van der Waals surface area contributed by atoms with Crippen molar-refractivity contribution in [2.45, 2.75) is 26.0 Å². The van der Waals surface area contributed by atoms with E-state index in [1.165, 1.54) is 0 Å². The van der Waals surface area contributed by atoms with Crippen molar-refractivity contribution in [3.05, 3.63) is 26.6 Å². The van der Waals surface area contributed by atoms with Gasteiger partial charge in [-0.15, -0.1) is 0 Å². The Balaban J connectivity index is 1.95. The van der Waals surface area contributed by atoms with Crippen LogP contribution >= 0.6 is 31.9 Å². The summed E-state index contributed by atoms with van der Waals surface area (Å²) in [7, 11) is 1.70.